The Morgan fingerprint density at radius 3 is 2.29 bits per heavy atom. The van der Waals surface area contributed by atoms with Gasteiger partial charge in [-0.25, -0.2) is 8.78 Å². The normalized spacial score (nSPS) is 21.9. The molecule has 1 saturated carbocycles. The predicted octanol–water partition coefficient (Wildman–Crippen LogP) is 2.45. The summed E-state index contributed by atoms with van der Waals surface area (Å²) in [7, 11) is 0. The van der Waals surface area contributed by atoms with E-state index in [2.05, 4.69) is 0 Å². The first-order valence-electron chi connectivity index (χ1n) is 3.99. The average molecular weight is 212 g/mol. The monoisotopic (exact) mass is 212 g/mol. The highest BCUT2D eigenvalue weighted by molar-refractivity contribution is 5.97. The number of hydrogen-bond donors (Lipinski definition) is 1. The van der Waals surface area contributed by atoms with Gasteiger partial charge in [-0.2, -0.15) is 8.78 Å². The lowest BCUT2D eigenvalue weighted by atomic mass is 10.1. The van der Waals surface area contributed by atoms with Crippen LogP contribution in [0, 0.1) is 0 Å². The molecule has 1 N–H and O–H groups in total. The van der Waals surface area contributed by atoms with Crippen LogP contribution in [0.2, 0.25) is 0 Å². The summed E-state index contributed by atoms with van der Waals surface area (Å²) in [5.41, 5.74) is -0.560. The molecular weight excluding hydrogens is 204 g/mol. The van der Waals surface area contributed by atoms with Gasteiger partial charge in [-0.05, 0) is 12.8 Å². The second kappa shape index (κ2) is 3.59. The third kappa shape index (κ3) is 1.73. The Morgan fingerprint density at radius 1 is 1.36 bits per heavy atom. The molecule has 0 aromatic heterocycles. The molecule has 0 radical (unpaired) electrons. The summed E-state index contributed by atoms with van der Waals surface area (Å²) in [6.45, 7) is 0. The summed E-state index contributed by atoms with van der Waals surface area (Å²) in [5.74, 6) is -7.06. The Labute approximate surface area is 77.2 Å². The van der Waals surface area contributed by atoms with Crippen molar-refractivity contribution in [3.05, 3.63) is 11.3 Å². The Bertz CT molecular complexity index is 283. The van der Waals surface area contributed by atoms with Crippen molar-refractivity contribution in [2.45, 2.75) is 31.6 Å². The highest BCUT2D eigenvalue weighted by Gasteiger charge is 2.48. The second-order valence-electron chi connectivity index (χ2n) is 3.03. The molecule has 2 nitrogen and oxygen atoms in total. The van der Waals surface area contributed by atoms with Crippen molar-refractivity contribution in [2.24, 2.45) is 0 Å². The lowest BCUT2D eigenvalue weighted by Crippen LogP contribution is -2.30. The molecule has 0 saturated heterocycles. The molecule has 0 bridgehead atoms. The van der Waals surface area contributed by atoms with Gasteiger partial charge in [-0.1, -0.05) is 0 Å². The van der Waals surface area contributed by atoms with E-state index in [0.29, 0.717) is 6.42 Å². The van der Waals surface area contributed by atoms with Gasteiger partial charge in [0.25, 0.3) is 0 Å². The number of aliphatic hydroxyl groups excluding tert-OH is 1. The summed E-state index contributed by atoms with van der Waals surface area (Å²) in [6, 6.07) is 0. The lowest BCUT2D eigenvalue weighted by Gasteiger charge is -2.15. The number of ketones is 1. The molecule has 1 aliphatic rings. The quantitative estimate of drug-likeness (QED) is 0.433. The number of Topliss-reactive ketones (excluding diaryl/α,β-unsaturated/α-hetero) is 1. The number of hydrogen-bond acceptors (Lipinski definition) is 2. The van der Waals surface area contributed by atoms with Crippen LogP contribution in [0.1, 0.15) is 19.3 Å². The molecule has 80 valence electrons. The summed E-state index contributed by atoms with van der Waals surface area (Å²) >= 11 is 0. The van der Waals surface area contributed by atoms with Crippen molar-refractivity contribution in [2.75, 3.05) is 0 Å². The van der Waals surface area contributed by atoms with E-state index < -0.39 is 29.5 Å². The molecule has 6 heteroatoms. The minimum atomic E-state index is -4.62. The molecule has 0 aromatic carbocycles. The van der Waals surface area contributed by atoms with E-state index in [1.165, 1.54) is 0 Å². The fourth-order valence-corrected chi connectivity index (χ4v) is 1.27. The highest BCUT2D eigenvalue weighted by Crippen LogP contribution is 2.35. The van der Waals surface area contributed by atoms with E-state index in [-0.39, 0.29) is 12.8 Å². The standard InChI is InChI=1S/C8H8F4O2/c9-7(10)8(11,12)6(14)4-2-1-3-5(4)13/h7,14H,1-3H2. The van der Waals surface area contributed by atoms with Crippen LogP contribution < -0.4 is 0 Å². The van der Waals surface area contributed by atoms with Gasteiger partial charge in [0.1, 0.15) is 0 Å². The Balaban J connectivity index is 3.03. The zero-order valence-corrected chi connectivity index (χ0v) is 7.07. The van der Waals surface area contributed by atoms with Crippen LogP contribution in [0.3, 0.4) is 0 Å². The average Bonchev–Trinajstić information content (AvgIpc) is 2.49. The van der Waals surface area contributed by atoms with Crippen molar-refractivity contribution >= 4 is 5.78 Å². The van der Waals surface area contributed by atoms with Crippen LogP contribution in [-0.4, -0.2) is 23.2 Å². The molecule has 0 heterocycles. The number of rotatable bonds is 2. The van der Waals surface area contributed by atoms with E-state index in [4.69, 9.17) is 5.11 Å². The fourth-order valence-electron chi connectivity index (χ4n) is 1.27. The minimum Gasteiger partial charge on any atom is -0.506 e. The lowest BCUT2D eigenvalue weighted by molar-refractivity contribution is -0.125. The van der Waals surface area contributed by atoms with Crippen LogP contribution in [0.25, 0.3) is 0 Å². The van der Waals surface area contributed by atoms with E-state index >= 15 is 0 Å². The van der Waals surface area contributed by atoms with Gasteiger partial charge >= 0.3 is 12.3 Å². The zero-order valence-electron chi connectivity index (χ0n) is 7.07. The van der Waals surface area contributed by atoms with Crippen LogP contribution in [-0.2, 0) is 4.79 Å². The first kappa shape index (κ1) is 11.0. The number of allylic oxidation sites excluding steroid dienone is 2. The third-order valence-corrected chi connectivity index (χ3v) is 2.04. The Hall–Kier alpha value is -1.07. The van der Waals surface area contributed by atoms with Gasteiger partial charge in [-0.15, -0.1) is 0 Å². The number of carbonyl (C=O) groups is 1. The van der Waals surface area contributed by atoms with E-state index in [9.17, 15) is 22.4 Å². The molecule has 0 unspecified atom stereocenters. The van der Waals surface area contributed by atoms with E-state index in [0.717, 1.165) is 0 Å². The zero-order chi connectivity index (χ0) is 10.9. The predicted molar refractivity (Wildman–Crippen MR) is 39.5 cm³/mol. The summed E-state index contributed by atoms with van der Waals surface area (Å²) < 4.78 is 48.7. The van der Waals surface area contributed by atoms with Crippen molar-refractivity contribution in [3.63, 3.8) is 0 Å². The van der Waals surface area contributed by atoms with Crippen molar-refractivity contribution < 1.29 is 27.5 Å². The maximum atomic E-state index is 12.6. The number of aliphatic hydroxyl groups is 1. The first-order valence-corrected chi connectivity index (χ1v) is 3.99. The van der Waals surface area contributed by atoms with Gasteiger partial charge in [0.15, 0.2) is 11.5 Å². The molecule has 1 fully saturated rings. The maximum absolute atomic E-state index is 12.6. The first-order chi connectivity index (χ1) is 6.37. The third-order valence-electron chi connectivity index (χ3n) is 2.04. The molecule has 14 heavy (non-hydrogen) atoms. The fraction of sp³-hybridized carbons (Fsp3) is 0.625. The highest BCUT2D eigenvalue weighted by atomic mass is 19.3. The van der Waals surface area contributed by atoms with Crippen molar-refractivity contribution in [1.29, 1.82) is 0 Å². The van der Waals surface area contributed by atoms with Crippen molar-refractivity contribution in [3.8, 4) is 0 Å². The number of halogens is 4. The minimum absolute atomic E-state index is 0.0265. The molecule has 0 spiro atoms. The van der Waals surface area contributed by atoms with Gasteiger partial charge in [0.05, 0.1) is 0 Å². The van der Waals surface area contributed by atoms with Gasteiger partial charge in [-0.3, -0.25) is 4.79 Å². The van der Waals surface area contributed by atoms with Gasteiger partial charge in [0.2, 0.25) is 0 Å². The number of carbonyl (C=O) groups excluding carboxylic acids is 1. The van der Waals surface area contributed by atoms with Gasteiger partial charge in [0, 0.05) is 12.0 Å². The summed E-state index contributed by atoms with van der Waals surface area (Å²) in [5, 5.41) is 8.85. The Kier molecular flexibility index (Phi) is 2.82. The second-order valence-corrected chi connectivity index (χ2v) is 3.03. The largest absolute Gasteiger partial charge is 0.506 e. The van der Waals surface area contributed by atoms with E-state index in [1.807, 2.05) is 0 Å². The maximum Gasteiger partial charge on any atom is 0.363 e. The van der Waals surface area contributed by atoms with Crippen LogP contribution in [0.5, 0.6) is 0 Å². The molecule has 1 rings (SSSR count). The van der Waals surface area contributed by atoms with Crippen LogP contribution in [0.15, 0.2) is 11.3 Å². The van der Waals surface area contributed by atoms with Crippen LogP contribution in [0.4, 0.5) is 17.6 Å². The van der Waals surface area contributed by atoms with Crippen molar-refractivity contribution in [1.82, 2.24) is 0 Å². The van der Waals surface area contributed by atoms with Crippen LogP contribution >= 0.6 is 0 Å². The smallest absolute Gasteiger partial charge is 0.363 e. The summed E-state index contributed by atoms with van der Waals surface area (Å²) in [6.07, 6.45) is -3.72. The molecule has 0 atom stereocenters. The topological polar surface area (TPSA) is 37.3 Å². The summed E-state index contributed by atoms with van der Waals surface area (Å²) in [4.78, 5) is 10.9. The van der Waals surface area contributed by atoms with Gasteiger partial charge < -0.3 is 5.11 Å². The molecule has 0 aliphatic heterocycles. The molecule has 0 aromatic rings. The van der Waals surface area contributed by atoms with E-state index in [1.54, 1.807) is 0 Å². The molecule has 0 amide bonds. The molecular formula is C8H8F4O2. The number of alkyl halides is 4. The SMILES string of the molecule is O=C1CCCC1=C(O)C(F)(F)C(F)F. The Morgan fingerprint density at radius 2 is 1.93 bits per heavy atom. The molecule has 1 aliphatic carbocycles.